The molecule has 0 spiro atoms. The van der Waals surface area contributed by atoms with E-state index in [-0.39, 0.29) is 11.8 Å². The molecule has 0 saturated carbocycles. The minimum absolute atomic E-state index is 0.222. The summed E-state index contributed by atoms with van der Waals surface area (Å²) in [6.45, 7) is 1.89. The van der Waals surface area contributed by atoms with Crippen molar-refractivity contribution in [1.29, 1.82) is 0 Å². The van der Waals surface area contributed by atoms with Crippen LogP contribution in [0.2, 0.25) is 0 Å². The van der Waals surface area contributed by atoms with Gasteiger partial charge in [-0.25, -0.2) is 13.5 Å². The van der Waals surface area contributed by atoms with Crippen LogP contribution in [0.15, 0.2) is 49.1 Å². The summed E-state index contributed by atoms with van der Waals surface area (Å²) in [7, 11) is 0. The molecule has 1 fully saturated rings. The van der Waals surface area contributed by atoms with Crippen molar-refractivity contribution in [3.8, 4) is 5.69 Å². The normalized spacial score (nSPS) is 16.4. The largest absolute Gasteiger partial charge is 0.371 e. The maximum atomic E-state index is 13.4. The number of pyridine rings is 1. The summed E-state index contributed by atoms with van der Waals surface area (Å²) in [6, 6.07) is 5.60. The summed E-state index contributed by atoms with van der Waals surface area (Å²) in [4.78, 5) is 18.5. The smallest absolute Gasteiger partial charge is 0.252 e. The van der Waals surface area contributed by atoms with Crippen molar-refractivity contribution in [1.82, 2.24) is 25.3 Å². The van der Waals surface area contributed by atoms with Gasteiger partial charge in [-0.1, -0.05) is 5.21 Å². The molecule has 2 aromatic heterocycles. The monoisotopic (exact) mass is 384 g/mol. The number of nitrogens with one attached hydrogen (secondary N) is 1. The summed E-state index contributed by atoms with van der Waals surface area (Å²) >= 11 is 0. The van der Waals surface area contributed by atoms with Gasteiger partial charge in [0.1, 0.15) is 0 Å². The van der Waals surface area contributed by atoms with Crippen LogP contribution in [-0.4, -0.2) is 45.5 Å². The Balaban J connectivity index is 1.34. The van der Waals surface area contributed by atoms with Crippen LogP contribution in [0.5, 0.6) is 0 Å². The Bertz CT molecular complexity index is 978. The highest BCUT2D eigenvalue weighted by atomic mass is 19.2. The third-order valence-corrected chi connectivity index (χ3v) is 4.78. The van der Waals surface area contributed by atoms with Gasteiger partial charge < -0.3 is 10.2 Å². The first kappa shape index (κ1) is 18.0. The van der Waals surface area contributed by atoms with E-state index in [4.69, 9.17) is 0 Å². The number of benzene rings is 1. The van der Waals surface area contributed by atoms with Crippen LogP contribution in [0.4, 0.5) is 14.5 Å². The molecule has 7 nitrogen and oxygen atoms in total. The number of carbonyl (C=O) groups is 1. The first-order valence-electron chi connectivity index (χ1n) is 8.90. The SMILES string of the molecule is O=C(NCC1CCN(c2ccc(F)c(F)c2)C1)c1cncc(-n2ccnn2)c1. The lowest BCUT2D eigenvalue weighted by molar-refractivity contribution is 0.0948. The second kappa shape index (κ2) is 7.71. The molecule has 1 aromatic carbocycles. The summed E-state index contributed by atoms with van der Waals surface area (Å²) in [6.07, 6.45) is 7.17. The Morgan fingerprint density at radius 2 is 2.07 bits per heavy atom. The molecule has 9 heteroatoms. The second-order valence-corrected chi connectivity index (χ2v) is 6.69. The van der Waals surface area contributed by atoms with Gasteiger partial charge in [0.05, 0.1) is 29.8 Å². The van der Waals surface area contributed by atoms with Crippen molar-refractivity contribution in [2.75, 3.05) is 24.5 Å². The first-order chi connectivity index (χ1) is 13.6. The molecule has 0 aliphatic carbocycles. The van der Waals surface area contributed by atoms with Gasteiger partial charge in [0.15, 0.2) is 11.6 Å². The van der Waals surface area contributed by atoms with E-state index in [0.29, 0.717) is 30.0 Å². The van der Waals surface area contributed by atoms with Gasteiger partial charge in [-0.2, -0.15) is 0 Å². The molecule has 0 radical (unpaired) electrons. The predicted octanol–water partition coefficient (Wildman–Crippen LogP) is 2.20. The van der Waals surface area contributed by atoms with Crippen LogP contribution in [0.3, 0.4) is 0 Å². The highest BCUT2D eigenvalue weighted by Gasteiger charge is 2.24. The third kappa shape index (κ3) is 3.83. The lowest BCUT2D eigenvalue weighted by Crippen LogP contribution is -2.31. The number of anilines is 1. The summed E-state index contributed by atoms with van der Waals surface area (Å²) in [5.41, 5.74) is 1.73. The van der Waals surface area contributed by atoms with E-state index in [0.717, 1.165) is 19.0 Å². The zero-order valence-electron chi connectivity index (χ0n) is 14.9. The fraction of sp³-hybridized carbons (Fsp3) is 0.263. The molecule has 1 aliphatic rings. The number of carbonyl (C=O) groups excluding carboxylic acids is 1. The number of rotatable bonds is 5. The second-order valence-electron chi connectivity index (χ2n) is 6.69. The van der Waals surface area contributed by atoms with Crippen LogP contribution < -0.4 is 10.2 Å². The fourth-order valence-electron chi connectivity index (χ4n) is 3.28. The Hall–Kier alpha value is -3.36. The molecule has 3 aromatic rings. The Labute approximate surface area is 160 Å². The highest BCUT2D eigenvalue weighted by molar-refractivity contribution is 5.94. The first-order valence-corrected chi connectivity index (χ1v) is 8.90. The van der Waals surface area contributed by atoms with Crippen molar-refractivity contribution in [3.05, 3.63) is 66.3 Å². The van der Waals surface area contributed by atoms with Crippen LogP contribution in [-0.2, 0) is 0 Å². The zero-order chi connectivity index (χ0) is 19.5. The van der Waals surface area contributed by atoms with Crippen LogP contribution in [0.25, 0.3) is 5.69 Å². The number of amides is 1. The van der Waals surface area contributed by atoms with E-state index in [2.05, 4.69) is 20.6 Å². The predicted molar refractivity (Wildman–Crippen MR) is 98.2 cm³/mol. The van der Waals surface area contributed by atoms with Crippen molar-refractivity contribution >= 4 is 11.6 Å². The van der Waals surface area contributed by atoms with Gasteiger partial charge in [-0.3, -0.25) is 9.78 Å². The molecular weight excluding hydrogens is 366 g/mol. The van der Waals surface area contributed by atoms with Crippen molar-refractivity contribution in [3.63, 3.8) is 0 Å². The third-order valence-electron chi connectivity index (χ3n) is 4.78. The van der Waals surface area contributed by atoms with E-state index in [1.165, 1.54) is 16.9 Å². The molecule has 28 heavy (non-hydrogen) atoms. The molecule has 1 atom stereocenters. The lowest BCUT2D eigenvalue weighted by atomic mass is 10.1. The van der Waals surface area contributed by atoms with Gasteiger partial charge >= 0.3 is 0 Å². The molecular formula is C19H18F2N6O. The van der Waals surface area contributed by atoms with Gasteiger partial charge in [0.2, 0.25) is 0 Å². The molecule has 0 bridgehead atoms. The van der Waals surface area contributed by atoms with Crippen LogP contribution in [0.1, 0.15) is 16.8 Å². The van der Waals surface area contributed by atoms with Gasteiger partial charge in [0, 0.05) is 37.6 Å². The maximum Gasteiger partial charge on any atom is 0.252 e. The minimum Gasteiger partial charge on any atom is -0.371 e. The van der Waals surface area contributed by atoms with Gasteiger partial charge in [-0.15, -0.1) is 5.10 Å². The molecule has 4 rings (SSSR count). The average Bonchev–Trinajstić information content (AvgIpc) is 3.40. The van der Waals surface area contributed by atoms with Crippen LogP contribution >= 0.6 is 0 Å². The summed E-state index contributed by atoms with van der Waals surface area (Å²) in [5, 5.41) is 10.5. The van der Waals surface area contributed by atoms with Gasteiger partial charge in [0.25, 0.3) is 5.91 Å². The average molecular weight is 384 g/mol. The fourth-order valence-corrected chi connectivity index (χ4v) is 3.28. The lowest BCUT2D eigenvalue weighted by Gasteiger charge is -2.19. The molecule has 144 valence electrons. The Morgan fingerprint density at radius 1 is 1.18 bits per heavy atom. The topological polar surface area (TPSA) is 75.9 Å². The maximum absolute atomic E-state index is 13.4. The summed E-state index contributed by atoms with van der Waals surface area (Å²) < 4.78 is 28.1. The van der Waals surface area contributed by atoms with Gasteiger partial charge in [-0.05, 0) is 30.5 Å². The Morgan fingerprint density at radius 3 is 2.86 bits per heavy atom. The number of nitrogens with zero attached hydrogens (tertiary/aromatic N) is 5. The van der Waals surface area contributed by atoms with Crippen molar-refractivity contribution in [2.45, 2.75) is 6.42 Å². The Kier molecular flexibility index (Phi) is 4.96. The van der Waals surface area contributed by atoms with E-state index >= 15 is 0 Å². The number of hydrogen-bond donors (Lipinski definition) is 1. The minimum atomic E-state index is -0.853. The number of halogens is 2. The van der Waals surface area contributed by atoms with E-state index in [1.54, 1.807) is 30.7 Å². The molecule has 1 aliphatic heterocycles. The quantitative estimate of drug-likeness (QED) is 0.730. The highest BCUT2D eigenvalue weighted by Crippen LogP contribution is 2.25. The molecule has 1 amide bonds. The molecule has 1 N–H and O–H groups in total. The van der Waals surface area contributed by atoms with E-state index < -0.39 is 11.6 Å². The van der Waals surface area contributed by atoms with Crippen LogP contribution in [0, 0.1) is 17.6 Å². The molecule has 3 heterocycles. The van der Waals surface area contributed by atoms with Crippen molar-refractivity contribution < 1.29 is 13.6 Å². The standard InChI is InChI=1S/C19H18F2N6O/c20-17-2-1-15(8-18(17)21)26-5-3-13(12-26)9-23-19(28)14-7-16(11-22-10-14)27-6-4-24-25-27/h1-2,4,6-8,10-11,13H,3,5,9,12H2,(H,23,28). The summed E-state index contributed by atoms with van der Waals surface area (Å²) in [5.74, 6) is -1.70. The van der Waals surface area contributed by atoms with E-state index in [9.17, 15) is 13.6 Å². The number of aromatic nitrogens is 4. The molecule has 1 saturated heterocycles. The van der Waals surface area contributed by atoms with E-state index in [1.807, 2.05) is 4.90 Å². The van der Waals surface area contributed by atoms with Crippen molar-refractivity contribution in [2.24, 2.45) is 5.92 Å². The number of hydrogen-bond acceptors (Lipinski definition) is 5. The zero-order valence-corrected chi connectivity index (χ0v) is 14.9. The molecule has 1 unspecified atom stereocenters.